The van der Waals surface area contributed by atoms with Crippen LogP contribution < -0.4 is 4.90 Å². The summed E-state index contributed by atoms with van der Waals surface area (Å²) in [5.41, 5.74) is 3.25. The lowest BCUT2D eigenvalue weighted by Gasteiger charge is -2.34. The van der Waals surface area contributed by atoms with Gasteiger partial charge in [-0.1, -0.05) is 30.4 Å². The van der Waals surface area contributed by atoms with E-state index in [4.69, 9.17) is 4.84 Å². The zero-order valence-electron chi connectivity index (χ0n) is 14.1. The number of rotatable bonds is 2. The molecular weight excluding hydrogens is 336 g/mol. The van der Waals surface area contributed by atoms with E-state index in [9.17, 15) is 19.6 Å². The Morgan fingerprint density at radius 1 is 1.19 bits per heavy atom. The van der Waals surface area contributed by atoms with Gasteiger partial charge in [-0.25, -0.2) is 19.2 Å². The molecule has 2 aliphatic heterocycles. The zero-order valence-corrected chi connectivity index (χ0v) is 14.1. The van der Waals surface area contributed by atoms with Crippen molar-refractivity contribution in [1.82, 2.24) is 0 Å². The van der Waals surface area contributed by atoms with Crippen LogP contribution in [0, 0.1) is 0 Å². The van der Waals surface area contributed by atoms with Crippen LogP contribution in [0.1, 0.15) is 24.8 Å². The van der Waals surface area contributed by atoms with E-state index in [1.807, 2.05) is 42.3 Å². The number of carbonyl (C=O) groups excluding carboxylic acids is 3. The van der Waals surface area contributed by atoms with Crippen LogP contribution in [0.5, 0.6) is 0 Å². The van der Waals surface area contributed by atoms with Gasteiger partial charge < -0.3 is 4.90 Å². The van der Waals surface area contributed by atoms with E-state index in [1.54, 1.807) is 12.1 Å². The molecule has 4 rings (SSSR count). The molecule has 1 aliphatic carbocycles. The number of hydrogen-bond donors (Lipinski definition) is 1. The second-order valence-corrected chi connectivity index (χ2v) is 6.36. The van der Waals surface area contributed by atoms with Crippen LogP contribution in [-0.4, -0.2) is 34.8 Å². The van der Waals surface area contributed by atoms with Crippen molar-refractivity contribution in [2.45, 2.75) is 19.3 Å². The summed E-state index contributed by atoms with van der Waals surface area (Å²) < 4.78 is 0. The molecule has 7 nitrogen and oxygen atoms in total. The molecule has 3 aliphatic rings. The zero-order chi connectivity index (χ0) is 18.5. The van der Waals surface area contributed by atoms with Crippen molar-refractivity contribution in [2.24, 2.45) is 0 Å². The summed E-state index contributed by atoms with van der Waals surface area (Å²) in [6.07, 6.45) is 5.90. The molecule has 0 atom stereocenters. The normalized spacial score (nSPS) is 20.7. The highest BCUT2D eigenvalue weighted by Gasteiger charge is 2.56. The topological polar surface area (TPSA) is 83.9 Å². The Balaban J connectivity index is 1.82. The number of para-hydroxylation sites is 1. The summed E-state index contributed by atoms with van der Waals surface area (Å²) >= 11 is 0. The van der Waals surface area contributed by atoms with Gasteiger partial charge in [-0.2, -0.15) is 5.21 Å². The molecule has 1 fully saturated rings. The van der Waals surface area contributed by atoms with Crippen molar-refractivity contribution < 1.29 is 29.2 Å². The third kappa shape index (κ3) is 2.25. The number of allylic oxidation sites excluding steroid dienone is 4. The molecule has 2 amide bonds. The van der Waals surface area contributed by atoms with Gasteiger partial charge in [0.05, 0.1) is 18.4 Å². The average Bonchev–Trinajstić information content (AvgIpc) is 2.89. The summed E-state index contributed by atoms with van der Waals surface area (Å²) in [5, 5.41) is 10.3. The fraction of sp³-hybridized carbons (Fsp3) is 0.211. The first-order chi connectivity index (χ1) is 12.4. The number of quaternary nitrogens is 1. The van der Waals surface area contributed by atoms with Crippen LogP contribution in [-0.2, 0) is 19.2 Å². The number of fused-ring (bicyclic) bond motifs is 2. The lowest BCUT2D eigenvalue weighted by molar-refractivity contribution is -1.12. The van der Waals surface area contributed by atoms with E-state index < -0.39 is 22.6 Å². The molecule has 0 radical (unpaired) electrons. The smallest absolute Gasteiger partial charge is 0.344 e. The lowest BCUT2D eigenvalue weighted by Crippen LogP contribution is -2.50. The van der Waals surface area contributed by atoms with E-state index in [1.165, 1.54) is 0 Å². The Bertz CT molecular complexity index is 925. The minimum Gasteiger partial charge on any atom is -0.344 e. The predicted octanol–water partition coefficient (Wildman–Crippen LogP) is 2.25. The van der Waals surface area contributed by atoms with Crippen molar-refractivity contribution in [2.75, 3.05) is 11.9 Å². The number of carbonyl (C=O) groups is 3. The first kappa shape index (κ1) is 16.4. The number of nitrogens with zero attached hydrogens (tertiary/aromatic N) is 2. The largest absolute Gasteiger partial charge is 0.404 e. The lowest BCUT2D eigenvalue weighted by atomic mass is 9.87. The quantitative estimate of drug-likeness (QED) is 0.499. The van der Waals surface area contributed by atoms with Gasteiger partial charge in [0.15, 0.2) is 0 Å². The van der Waals surface area contributed by atoms with Crippen molar-refractivity contribution in [1.29, 1.82) is 0 Å². The van der Waals surface area contributed by atoms with Gasteiger partial charge in [-0.15, -0.1) is 0 Å². The number of hydrogen-bond acceptors (Lipinski definition) is 6. The Hall–Kier alpha value is -3.03. The Morgan fingerprint density at radius 2 is 1.88 bits per heavy atom. The van der Waals surface area contributed by atoms with E-state index >= 15 is 0 Å². The van der Waals surface area contributed by atoms with Crippen molar-refractivity contribution in [3.8, 4) is 0 Å². The first-order valence-electron chi connectivity index (χ1n) is 8.29. The highest BCUT2D eigenvalue weighted by Crippen LogP contribution is 2.42. The standard InChI is InChI=1S/C19H17N2O5/c1-20-14-8-4-2-6-12(14)18(13-7-3-5-9-15(13)20)19(24)26-21(25)16(22)10-11-17(21)23/h2-6,8-9,25H,7,10-11H2,1H3/q+1. The molecule has 1 aromatic rings. The summed E-state index contributed by atoms with van der Waals surface area (Å²) in [6, 6.07) is 7.30. The number of amides is 2. The minimum absolute atomic E-state index is 0.151. The van der Waals surface area contributed by atoms with Gasteiger partial charge >= 0.3 is 17.8 Å². The molecule has 1 N–H and O–H groups in total. The van der Waals surface area contributed by atoms with Crippen LogP contribution in [0.25, 0.3) is 5.57 Å². The monoisotopic (exact) mass is 353 g/mol. The molecule has 132 valence electrons. The summed E-state index contributed by atoms with van der Waals surface area (Å²) in [4.78, 5) is 41.8. The highest BCUT2D eigenvalue weighted by atomic mass is 17.0. The highest BCUT2D eigenvalue weighted by molar-refractivity contribution is 6.21. The molecule has 26 heavy (non-hydrogen) atoms. The number of benzene rings is 1. The van der Waals surface area contributed by atoms with Crippen molar-refractivity contribution >= 4 is 29.0 Å². The van der Waals surface area contributed by atoms with Gasteiger partial charge in [0, 0.05) is 24.0 Å². The van der Waals surface area contributed by atoms with E-state index in [2.05, 4.69) is 0 Å². The molecule has 0 saturated carbocycles. The van der Waals surface area contributed by atoms with E-state index in [0.29, 0.717) is 12.0 Å². The molecule has 0 aromatic heterocycles. The first-order valence-corrected chi connectivity index (χ1v) is 8.29. The maximum absolute atomic E-state index is 12.9. The molecule has 0 spiro atoms. The van der Waals surface area contributed by atoms with Gasteiger partial charge in [0.1, 0.15) is 4.81 Å². The third-order valence-electron chi connectivity index (χ3n) is 4.87. The number of anilines is 1. The van der Waals surface area contributed by atoms with Crippen LogP contribution >= 0.6 is 0 Å². The van der Waals surface area contributed by atoms with Crippen LogP contribution in [0.2, 0.25) is 0 Å². The molecule has 1 saturated heterocycles. The van der Waals surface area contributed by atoms with Crippen molar-refractivity contribution in [3.63, 3.8) is 0 Å². The predicted molar refractivity (Wildman–Crippen MR) is 91.0 cm³/mol. The molecule has 0 unspecified atom stereocenters. The molecular formula is C19H17N2O5+. The fourth-order valence-corrected chi connectivity index (χ4v) is 3.52. The van der Waals surface area contributed by atoms with Gasteiger partial charge in [-0.3, -0.25) is 0 Å². The maximum atomic E-state index is 12.9. The summed E-state index contributed by atoms with van der Waals surface area (Å²) in [7, 11) is 1.90. The third-order valence-corrected chi connectivity index (χ3v) is 4.87. The van der Waals surface area contributed by atoms with E-state index in [0.717, 1.165) is 17.0 Å². The number of hydroxylamine groups is 4. The van der Waals surface area contributed by atoms with Gasteiger partial charge in [0.25, 0.3) is 0 Å². The Kier molecular flexibility index (Phi) is 3.64. The second-order valence-electron chi connectivity index (χ2n) is 6.36. The Labute approximate surface area is 149 Å². The Morgan fingerprint density at radius 3 is 2.62 bits per heavy atom. The number of likely N-dealkylation sites (N-methyl/N-ethyl adjacent to an activating group) is 1. The fourth-order valence-electron chi connectivity index (χ4n) is 3.52. The van der Waals surface area contributed by atoms with E-state index in [-0.39, 0.29) is 18.4 Å². The molecule has 7 heteroatoms. The minimum atomic E-state index is -1.91. The maximum Gasteiger partial charge on any atom is 0.404 e. The average molecular weight is 353 g/mol. The second kappa shape index (κ2) is 5.76. The SMILES string of the molecule is CN1C2=CC=CCC2=C(C(=O)O[N+]2(O)C(=O)CCC2=O)c2ccccc21. The summed E-state index contributed by atoms with van der Waals surface area (Å²) in [5.74, 6) is -2.57. The van der Waals surface area contributed by atoms with Crippen LogP contribution in [0.4, 0.5) is 5.69 Å². The summed E-state index contributed by atoms with van der Waals surface area (Å²) in [6.45, 7) is 0. The number of imide groups is 1. The van der Waals surface area contributed by atoms with Gasteiger partial charge in [0.2, 0.25) is 0 Å². The van der Waals surface area contributed by atoms with Gasteiger partial charge in [-0.05, 0) is 24.1 Å². The molecule has 0 bridgehead atoms. The molecule has 1 aromatic carbocycles. The molecule has 2 heterocycles. The van der Waals surface area contributed by atoms with Crippen molar-refractivity contribution in [3.05, 3.63) is 59.3 Å². The van der Waals surface area contributed by atoms with Crippen LogP contribution in [0.3, 0.4) is 0 Å². The van der Waals surface area contributed by atoms with Crippen LogP contribution in [0.15, 0.2) is 53.8 Å².